The van der Waals surface area contributed by atoms with Gasteiger partial charge in [-0.1, -0.05) is 45.7 Å². The van der Waals surface area contributed by atoms with Crippen molar-refractivity contribution in [3.05, 3.63) is 29.8 Å². The molecule has 0 amide bonds. The van der Waals surface area contributed by atoms with E-state index >= 15 is 0 Å². The molecule has 0 bridgehead atoms. The molecule has 0 saturated heterocycles. The van der Waals surface area contributed by atoms with Crippen LogP contribution in [0, 0.1) is 0 Å². The average molecular weight is 248 g/mol. The first kappa shape index (κ1) is 15.0. The molecular weight excluding hydrogens is 220 g/mol. The molecule has 3 N–H and O–H groups in total. The fraction of sp³-hybridized carbons (Fsp3) is 0.625. The molecule has 102 valence electrons. The van der Waals surface area contributed by atoms with Crippen LogP contribution in [-0.2, 0) is 5.41 Å². The van der Waals surface area contributed by atoms with Gasteiger partial charge >= 0.3 is 0 Å². The maximum atomic E-state index is 5.73. The quantitative estimate of drug-likeness (QED) is 0.722. The highest BCUT2D eigenvalue weighted by atomic mass is 14.9. The Bertz CT molecular complexity index is 341. The van der Waals surface area contributed by atoms with Gasteiger partial charge in [-0.25, -0.2) is 0 Å². The molecule has 0 radical (unpaired) electrons. The number of hydrogen-bond donors (Lipinski definition) is 2. The third kappa shape index (κ3) is 4.69. The summed E-state index contributed by atoms with van der Waals surface area (Å²) in [5, 5.41) is 3.64. The van der Waals surface area contributed by atoms with Gasteiger partial charge in [0, 0.05) is 23.7 Å². The highest BCUT2D eigenvalue weighted by molar-refractivity contribution is 5.41. The molecular formula is C16H28N2. The van der Waals surface area contributed by atoms with Crippen LogP contribution in [0.2, 0.25) is 0 Å². The van der Waals surface area contributed by atoms with Crippen LogP contribution in [0.5, 0.6) is 0 Å². The smallest absolute Gasteiger partial charge is 0.0314 e. The molecule has 2 nitrogen and oxygen atoms in total. The maximum Gasteiger partial charge on any atom is 0.0314 e. The van der Waals surface area contributed by atoms with Gasteiger partial charge in [-0.05, 0) is 31.0 Å². The Morgan fingerprint density at radius 3 is 2.39 bits per heavy atom. The van der Waals surface area contributed by atoms with Gasteiger partial charge < -0.3 is 11.1 Å². The molecule has 2 heteroatoms. The average Bonchev–Trinajstić information content (AvgIpc) is 2.34. The lowest BCUT2D eigenvalue weighted by Crippen LogP contribution is -2.37. The molecule has 0 fully saturated rings. The molecule has 0 heterocycles. The fourth-order valence-electron chi connectivity index (χ4n) is 2.08. The molecule has 1 aromatic rings. The normalized spacial score (nSPS) is 13.6. The standard InChI is InChI=1S/C16H28N2/c1-5-6-7-13(2)18-12-16(3,4)14-8-10-15(17)11-9-14/h8-11,13,18H,5-7,12,17H2,1-4H3. The zero-order chi connectivity index (χ0) is 13.6. The first-order chi connectivity index (χ1) is 8.45. The first-order valence-corrected chi connectivity index (χ1v) is 7.05. The summed E-state index contributed by atoms with van der Waals surface area (Å²) in [7, 11) is 0. The summed E-state index contributed by atoms with van der Waals surface area (Å²) in [4.78, 5) is 0. The Morgan fingerprint density at radius 2 is 1.83 bits per heavy atom. The lowest BCUT2D eigenvalue weighted by Gasteiger charge is -2.28. The van der Waals surface area contributed by atoms with E-state index in [9.17, 15) is 0 Å². The van der Waals surface area contributed by atoms with Crippen LogP contribution >= 0.6 is 0 Å². The Balaban J connectivity index is 2.51. The molecule has 0 aromatic heterocycles. The van der Waals surface area contributed by atoms with Gasteiger partial charge in [-0.2, -0.15) is 0 Å². The van der Waals surface area contributed by atoms with Gasteiger partial charge in [-0.3, -0.25) is 0 Å². The number of benzene rings is 1. The molecule has 0 aliphatic carbocycles. The van der Waals surface area contributed by atoms with Gasteiger partial charge in [0.05, 0.1) is 0 Å². The molecule has 0 saturated carbocycles. The van der Waals surface area contributed by atoms with Crippen LogP contribution in [-0.4, -0.2) is 12.6 Å². The molecule has 0 aliphatic heterocycles. The van der Waals surface area contributed by atoms with Crippen molar-refractivity contribution in [1.82, 2.24) is 5.32 Å². The first-order valence-electron chi connectivity index (χ1n) is 7.05. The van der Waals surface area contributed by atoms with E-state index in [0.29, 0.717) is 6.04 Å². The Labute approximate surface area is 112 Å². The largest absolute Gasteiger partial charge is 0.399 e. The van der Waals surface area contributed by atoms with Crippen LogP contribution in [0.4, 0.5) is 5.69 Å². The Kier molecular flexibility index (Phi) is 5.67. The van der Waals surface area contributed by atoms with E-state index in [-0.39, 0.29) is 5.41 Å². The summed E-state index contributed by atoms with van der Waals surface area (Å²) < 4.78 is 0. The minimum absolute atomic E-state index is 0.147. The number of nitrogen functional groups attached to an aromatic ring is 1. The minimum Gasteiger partial charge on any atom is -0.399 e. The molecule has 0 spiro atoms. The van der Waals surface area contributed by atoms with Gasteiger partial charge in [-0.15, -0.1) is 0 Å². The van der Waals surface area contributed by atoms with Crippen LogP contribution in [0.25, 0.3) is 0 Å². The van der Waals surface area contributed by atoms with Gasteiger partial charge in [0.15, 0.2) is 0 Å². The summed E-state index contributed by atoms with van der Waals surface area (Å²) in [6.45, 7) is 10.1. The SMILES string of the molecule is CCCCC(C)NCC(C)(C)c1ccc(N)cc1. The number of unbranched alkanes of at least 4 members (excludes halogenated alkanes) is 1. The number of nitrogens with one attached hydrogen (secondary N) is 1. The predicted octanol–water partition coefficient (Wildman–Crippen LogP) is 3.71. The zero-order valence-corrected chi connectivity index (χ0v) is 12.3. The monoisotopic (exact) mass is 248 g/mol. The summed E-state index contributed by atoms with van der Waals surface area (Å²) in [5.41, 5.74) is 8.05. The Hall–Kier alpha value is -1.02. The highest BCUT2D eigenvalue weighted by Gasteiger charge is 2.20. The van der Waals surface area contributed by atoms with Gasteiger partial charge in [0.25, 0.3) is 0 Å². The van der Waals surface area contributed by atoms with Crippen LogP contribution in [0.1, 0.15) is 52.5 Å². The van der Waals surface area contributed by atoms with Crippen molar-refractivity contribution in [1.29, 1.82) is 0 Å². The number of anilines is 1. The predicted molar refractivity (Wildman–Crippen MR) is 80.9 cm³/mol. The van der Waals surface area contributed by atoms with Gasteiger partial charge in [0.1, 0.15) is 0 Å². The number of rotatable bonds is 7. The summed E-state index contributed by atoms with van der Waals surface area (Å²) >= 11 is 0. The highest BCUT2D eigenvalue weighted by Crippen LogP contribution is 2.23. The van der Waals surface area contributed by atoms with Crippen molar-refractivity contribution in [2.24, 2.45) is 0 Å². The van der Waals surface area contributed by atoms with Crippen molar-refractivity contribution < 1.29 is 0 Å². The lowest BCUT2D eigenvalue weighted by molar-refractivity contribution is 0.411. The second-order valence-electron chi connectivity index (χ2n) is 5.93. The van der Waals surface area contributed by atoms with E-state index < -0.39 is 0 Å². The summed E-state index contributed by atoms with van der Waals surface area (Å²) in [5.74, 6) is 0. The molecule has 1 aromatic carbocycles. The van der Waals surface area contributed by atoms with E-state index in [0.717, 1.165) is 12.2 Å². The molecule has 0 aliphatic rings. The van der Waals surface area contributed by atoms with E-state index in [1.807, 2.05) is 12.1 Å². The van der Waals surface area contributed by atoms with Crippen LogP contribution in [0.15, 0.2) is 24.3 Å². The van der Waals surface area contributed by atoms with Crippen LogP contribution < -0.4 is 11.1 Å². The zero-order valence-electron chi connectivity index (χ0n) is 12.3. The Morgan fingerprint density at radius 1 is 1.22 bits per heavy atom. The fourth-order valence-corrected chi connectivity index (χ4v) is 2.08. The van der Waals surface area contributed by atoms with Gasteiger partial charge in [0.2, 0.25) is 0 Å². The van der Waals surface area contributed by atoms with Crippen LogP contribution in [0.3, 0.4) is 0 Å². The topological polar surface area (TPSA) is 38.0 Å². The van der Waals surface area contributed by atoms with Crippen molar-refractivity contribution in [2.75, 3.05) is 12.3 Å². The third-order valence-electron chi connectivity index (χ3n) is 3.58. The van der Waals surface area contributed by atoms with Crippen molar-refractivity contribution in [2.45, 2.75) is 58.4 Å². The minimum atomic E-state index is 0.147. The van der Waals surface area contributed by atoms with Crippen molar-refractivity contribution in [3.63, 3.8) is 0 Å². The summed E-state index contributed by atoms with van der Waals surface area (Å²) in [6.07, 6.45) is 3.83. The molecule has 1 rings (SSSR count). The van der Waals surface area contributed by atoms with E-state index in [1.54, 1.807) is 0 Å². The second-order valence-corrected chi connectivity index (χ2v) is 5.93. The van der Waals surface area contributed by atoms with E-state index in [1.165, 1.54) is 24.8 Å². The summed E-state index contributed by atoms with van der Waals surface area (Å²) in [6, 6.07) is 8.83. The lowest BCUT2D eigenvalue weighted by atomic mass is 9.84. The van der Waals surface area contributed by atoms with E-state index in [4.69, 9.17) is 5.73 Å². The number of nitrogens with two attached hydrogens (primary N) is 1. The van der Waals surface area contributed by atoms with Crippen molar-refractivity contribution >= 4 is 5.69 Å². The maximum absolute atomic E-state index is 5.73. The van der Waals surface area contributed by atoms with Crippen molar-refractivity contribution in [3.8, 4) is 0 Å². The van der Waals surface area contributed by atoms with E-state index in [2.05, 4.69) is 45.1 Å². The molecule has 18 heavy (non-hydrogen) atoms. The molecule has 1 unspecified atom stereocenters. The third-order valence-corrected chi connectivity index (χ3v) is 3.58. The number of hydrogen-bond acceptors (Lipinski definition) is 2. The molecule has 1 atom stereocenters. The second kappa shape index (κ2) is 6.79.